The molecule has 0 aromatic heterocycles. The van der Waals surface area contributed by atoms with E-state index in [0.717, 1.165) is 18.7 Å². The third-order valence-electron chi connectivity index (χ3n) is 3.11. The highest BCUT2D eigenvalue weighted by atomic mass is 35.5. The van der Waals surface area contributed by atoms with Crippen LogP contribution in [0, 0.1) is 0 Å². The lowest BCUT2D eigenvalue weighted by Crippen LogP contribution is -2.44. The topological polar surface area (TPSA) is 41.6 Å². The Bertz CT molecular complexity index is 380. The summed E-state index contributed by atoms with van der Waals surface area (Å²) >= 11 is 0. The standard InChI is InChI=1S/C14H20N2O2.ClH/c1-16(10-12-5-3-2-4-6-12)14(17)9-13-11-18-8-7-15-13;/h2-6,13,15H,7-11H2,1H3;1H. The zero-order valence-electron chi connectivity index (χ0n) is 11.2. The third-order valence-corrected chi connectivity index (χ3v) is 3.11. The summed E-state index contributed by atoms with van der Waals surface area (Å²) in [5.74, 6) is 0.154. The van der Waals surface area contributed by atoms with Gasteiger partial charge in [0.25, 0.3) is 0 Å². The number of nitrogens with one attached hydrogen (secondary N) is 1. The van der Waals surface area contributed by atoms with Crippen LogP contribution in [-0.2, 0) is 16.1 Å². The van der Waals surface area contributed by atoms with Gasteiger partial charge in [0.05, 0.1) is 13.2 Å². The molecule has 1 aromatic rings. The van der Waals surface area contributed by atoms with E-state index in [1.807, 2.05) is 37.4 Å². The maximum atomic E-state index is 12.0. The van der Waals surface area contributed by atoms with Crippen LogP contribution >= 0.6 is 12.4 Å². The molecule has 5 heteroatoms. The van der Waals surface area contributed by atoms with Gasteiger partial charge in [-0.2, -0.15) is 0 Å². The second-order valence-electron chi connectivity index (χ2n) is 4.67. The Balaban J connectivity index is 0.00000180. The van der Waals surface area contributed by atoms with Gasteiger partial charge >= 0.3 is 0 Å². The van der Waals surface area contributed by atoms with Crippen LogP contribution in [0.3, 0.4) is 0 Å². The van der Waals surface area contributed by atoms with Gasteiger partial charge < -0.3 is 15.0 Å². The van der Waals surface area contributed by atoms with Crippen LogP contribution in [0.15, 0.2) is 30.3 Å². The number of morpholine rings is 1. The van der Waals surface area contributed by atoms with Crippen molar-refractivity contribution in [3.8, 4) is 0 Å². The highest BCUT2D eigenvalue weighted by Crippen LogP contribution is 2.06. The van der Waals surface area contributed by atoms with Gasteiger partial charge in [0.1, 0.15) is 0 Å². The summed E-state index contributed by atoms with van der Waals surface area (Å²) in [5, 5.41) is 3.30. The van der Waals surface area contributed by atoms with E-state index in [1.54, 1.807) is 4.90 Å². The summed E-state index contributed by atoms with van der Waals surface area (Å²) in [5.41, 5.74) is 1.15. The molecule has 0 saturated carbocycles. The van der Waals surface area contributed by atoms with Crippen molar-refractivity contribution in [2.75, 3.05) is 26.8 Å². The molecule has 1 fully saturated rings. The lowest BCUT2D eigenvalue weighted by molar-refractivity contribution is -0.131. The van der Waals surface area contributed by atoms with E-state index in [-0.39, 0.29) is 24.4 Å². The van der Waals surface area contributed by atoms with Crippen LogP contribution in [0.25, 0.3) is 0 Å². The molecular formula is C14H21ClN2O2. The molecule has 2 rings (SSSR count). The van der Waals surface area contributed by atoms with E-state index in [9.17, 15) is 4.79 Å². The first-order chi connectivity index (χ1) is 8.75. The second kappa shape index (κ2) is 8.15. The van der Waals surface area contributed by atoms with Crippen LogP contribution in [0.5, 0.6) is 0 Å². The number of carbonyl (C=O) groups is 1. The monoisotopic (exact) mass is 284 g/mol. The van der Waals surface area contributed by atoms with E-state index in [1.165, 1.54) is 0 Å². The van der Waals surface area contributed by atoms with Gasteiger partial charge in [0.15, 0.2) is 0 Å². The number of hydrogen-bond donors (Lipinski definition) is 1. The largest absolute Gasteiger partial charge is 0.378 e. The normalized spacial score (nSPS) is 18.5. The van der Waals surface area contributed by atoms with Crippen molar-refractivity contribution in [3.63, 3.8) is 0 Å². The van der Waals surface area contributed by atoms with Crippen LogP contribution in [-0.4, -0.2) is 43.7 Å². The number of amides is 1. The average Bonchev–Trinajstić information content (AvgIpc) is 2.41. The average molecular weight is 285 g/mol. The first kappa shape index (κ1) is 16.0. The molecule has 0 radical (unpaired) electrons. The maximum absolute atomic E-state index is 12.0. The lowest BCUT2D eigenvalue weighted by Gasteiger charge is -2.25. The summed E-state index contributed by atoms with van der Waals surface area (Å²) in [6.07, 6.45) is 0.503. The van der Waals surface area contributed by atoms with Gasteiger partial charge in [0.2, 0.25) is 5.91 Å². The first-order valence-electron chi connectivity index (χ1n) is 6.35. The SMILES string of the molecule is CN(Cc1ccccc1)C(=O)CC1COCCN1.Cl. The molecule has 1 aliphatic heterocycles. The Morgan fingerprint density at radius 3 is 2.79 bits per heavy atom. The number of ether oxygens (including phenoxy) is 1. The lowest BCUT2D eigenvalue weighted by atomic mass is 10.1. The van der Waals surface area contributed by atoms with Gasteiger partial charge in [-0.3, -0.25) is 4.79 Å². The molecule has 1 aromatic carbocycles. The summed E-state index contributed by atoms with van der Waals surface area (Å²) in [7, 11) is 1.85. The van der Waals surface area contributed by atoms with Gasteiger partial charge in [0, 0.05) is 32.6 Å². The fraction of sp³-hybridized carbons (Fsp3) is 0.500. The predicted molar refractivity (Wildman–Crippen MR) is 77.4 cm³/mol. The highest BCUT2D eigenvalue weighted by Gasteiger charge is 2.19. The van der Waals surface area contributed by atoms with E-state index in [4.69, 9.17) is 4.74 Å². The van der Waals surface area contributed by atoms with Crippen molar-refractivity contribution in [2.45, 2.75) is 19.0 Å². The molecule has 1 saturated heterocycles. The second-order valence-corrected chi connectivity index (χ2v) is 4.67. The molecule has 19 heavy (non-hydrogen) atoms. The molecule has 1 amide bonds. The van der Waals surface area contributed by atoms with Crippen LogP contribution in [0.1, 0.15) is 12.0 Å². The summed E-state index contributed by atoms with van der Waals surface area (Å²) < 4.78 is 5.35. The molecule has 0 bridgehead atoms. The Labute approximate surface area is 120 Å². The minimum absolute atomic E-state index is 0. The number of hydrogen-bond acceptors (Lipinski definition) is 3. The number of nitrogens with zero attached hydrogens (tertiary/aromatic N) is 1. The molecule has 1 heterocycles. The number of halogens is 1. The summed E-state index contributed by atoms with van der Waals surface area (Å²) in [6.45, 7) is 2.86. The fourth-order valence-electron chi connectivity index (χ4n) is 2.06. The molecule has 0 aliphatic carbocycles. The van der Waals surface area contributed by atoms with E-state index in [2.05, 4.69) is 5.32 Å². The van der Waals surface area contributed by atoms with E-state index >= 15 is 0 Å². The maximum Gasteiger partial charge on any atom is 0.224 e. The van der Waals surface area contributed by atoms with Gasteiger partial charge in [-0.15, -0.1) is 12.4 Å². The molecule has 106 valence electrons. The minimum Gasteiger partial charge on any atom is -0.378 e. The first-order valence-corrected chi connectivity index (χ1v) is 6.35. The van der Waals surface area contributed by atoms with Crippen molar-refractivity contribution in [3.05, 3.63) is 35.9 Å². The number of carbonyl (C=O) groups excluding carboxylic acids is 1. The van der Waals surface area contributed by atoms with Crippen molar-refractivity contribution >= 4 is 18.3 Å². The van der Waals surface area contributed by atoms with Gasteiger partial charge in [-0.1, -0.05) is 30.3 Å². The quantitative estimate of drug-likeness (QED) is 0.910. The molecule has 1 unspecified atom stereocenters. The smallest absolute Gasteiger partial charge is 0.224 e. The van der Waals surface area contributed by atoms with Gasteiger partial charge in [-0.25, -0.2) is 0 Å². The minimum atomic E-state index is 0. The van der Waals surface area contributed by atoms with Crippen molar-refractivity contribution in [2.24, 2.45) is 0 Å². The van der Waals surface area contributed by atoms with Crippen molar-refractivity contribution in [1.29, 1.82) is 0 Å². The Hall–Kier alpha value is -1.10. The van der Waals surface area contributed by atoms with Crippen LogP contribution in [0.2, 0.25) is 0 Å². The zero-order valence-corrected chi connectivity index (χ0v) is 12.0. The van der Waals surface area contributed by atoms with Crippen molar-refractivity contribution < 1.29 is 9.53 Å². The Kier molecular flexibility index (Phi) is 6.84. The molecule has 1 aliphatic rings. The summed E-state index contributed by atoms with van der Waals surface area (Å²) in [6, 6.07) is 10.2. The Morgan fingerprint density at radius 1 is 1.42 bits per heavy atom. The highest BCUT2D eigenvalue weighted by molar-refractivity contribution is 5.85. The molecular weight excluding hydrogens is 264 g/mol. The summed E-state index contributed by atoms with van der Waals surface area (Å²) in [4.78, 5) is 13.8. The predicted octanol–water partition coefficient (Wildman–Crippen LogP) is 1.45. The molecule has 1 N–H and O–H groups in total. The molecule has 0 spiro atoms. The Morgan fingerprint density at radius 2 is 2.16 bits per heavy atom. The zero-order chi connectivity index (χ0) is 12.8. The van der Waals surface area contributed by atoms with E-state index in [0.29, 0.717) is 19.6 Å². The van der Waals surface area contributed by atoms with Crippen molar-refractivity contribution in [1.82, 2.24) is 10.2 Å². The number of benzene rings is 1. The third kappa shape index (κ3) is 5.19. The number of rotatable bonds is 4. The van der Waals surface area contributed by atoms with Crippen LogP contribution < -0.4 is 5.32 Å². The van der Waals surface area contributed by atoms with E-state index < -0.39 is 0 Å². The fourth-order valence-corrected chi connectivity index (χ4v) is 2.06. The molecule has 4 nitrogen and oxygen atoms in total. The molecule has 1 atom stereocenters. The van der Waals surface area contributed by atoms with Gasteiger partial charge in [-0.05, 0) is 5.56 Å². The van der Waals surface area contributed by atoms with Crippen LogP contribution in [0.4, 0.5) is 0 Å².